The van der Waals surface area contributed by atoms with E-state index in [4.69, 9.17) is 28.4 Å². The van der Waals surface area contributed by atoms with Crippen LogP contribution in [-0.4, -0.2) is 142 Å². The average Bonchev–Trinajstić information content (AvgIpc) is 3.25. The van der Waals surface area contributed by atoms with E-state index in [2.05, 4.69) is 50.3 Å². The van der Waals surface area contributed by atoms with Crippen LogP contribution in [0, 0.1) is 0 Å². The molecule has 11 atom stereocenters. The van der Waals surface area contributed by atoms with E-state index in [-0.39, 0.29) is 26.1 Å². The topological polar surface area (TPSA) is 231 Å². The molecular formula is C46H80O15. The Morgan fingerprint density at radius 1 is 0.525 bits per heavy atom. The van der Waals surface area contributed by atoms with E-state index in [9.17, 15) is 45.3 Å². The lowest BCUT2D eigenvalue weighted by molar-refractivity contribution is -0.332. The predicted molar refractivity (Wildman–Crippen MR) is 229 cm³/mol. The first-order chi connectivity index (χ1) is 29.5. The summed E-state index contributed by atoms with van der Waals surface area (Å²) in [4.78, 5) is 25.5. The molecule has 0 aliphatic carbocycles. The molecule has 0 radical (unpaired) electrons. The number of esters is 2. The van der Waals surface area contributed by atoms with E-state index in [1.165, 1.54) is 44.9 Å². The predicted octanol–water partition coefficient (Wildman–Crippen LogP) is 4.98. The number of ether oxygens (including phenoxy) is 6. The monoisotopic (exact) mass is 873 g/mol. The van der Waals surface area contributed by atoms with Crippen LogP contribution in [0.25, 0.3) is 0 Å². The normalized spacial score (nSPS) is 27.6. The number of carbonyl (C=O) groups is 2. The number of hydrogen-bond donors (Lipinski definition) is 7. The van der Waals surface area contributed by atoms with Crippen molar-refractivity contribution >= 4 is 11.9 Å². The van der Waals surface area contributed by atoms with Crippen molar-refractivity contribution in [2.24, 2.45) is 0 Å². The molecule has 0 bridgehead atoms. The molecule has 4 unspecified atom stereocenters. The molecule has 0 amide bonds. The second-order valence-corrected chi connectivity index (χ2v) is 16.2. The van der Waals surface area contributed by atoms with Gasteiger partial charge in [0.05, 0.1) is 19.8 Å². The van der Waals surface area contributed by atoms with Gasteiger partial charge in [-0.15, -0.1) is 0 Å². The van der Waals surface area contributed by atoms with Crippen molar-refractivity contribution in [2.75, 3.05) is 26.4 Å². The minimum Gasteiger partial charge on any atom is -0.462 e. The molecule has 0 spiro atoms. The Labute approximate surface area is 364 Å². The number of allylic oxidation sites excluding steroid dienone is 6. The second-order valence-electron chi connectivity index (χ2n) is 16.2. The Morgan fingerprint density at radius 2 is 0.984 bits per heavy atom. The van der Waals surface area contributed by atoms with Gasteiger partial charge in [0.2, 0.25) is 0 Å². The molecular weight excluding hydrogens is 792 g/mol. The number of unbranched alkanes of at least 4 members (excludes halogenated alkanes) is 14. The first-order valence-corrected chi connectivity index (χ1v) is 23.1. The first-order valence-electron chi connectivity index (χ1n) is 23.1. The largest absolute Gasteiger partial charge is 0.462 e. The third-order valence-electron chi connectivity index (χ3n) is 10.9. The molecule has 0 aromatic carbocycles. The summed E-state index contributed by atoms with van der Waals surface area (Å²) in [6.07, 6.45) is 16.3. The van der Waals surface area contributed by atoms with Gasteiger partial charge < -0.3 is 64.2 Å². The fourth-order valence-electron chi connectivity index (χ4n) is 6.99. The Balaban J connectivity index is 1.85. The van der Waals surface area contributed by atoms with Gasteiger partial charge in [-0.2, -0.15) is 0 Å². The third kappa shape index (κ3) is 23.3. The van der Waals surface area contributed by atoms with Crippen LogP contribution in [0.4, 0.5) is 0 Å². The van der Waals surface area contributed by atoms with Gasteiger partial charge >= 0.3 is 11.9 Å². The summed E-state index contributed by atoms with van der Waals surface area (Å²) in [7, 11) is 0. The van der Waals surface area contributed by atoms with Gasteiger partial charge in [-0.1, -0.05) is 121 Å². The zero-order valence-corrected chi connectivity index (χ0v) is 36.9. The standard InChI is InChI=1S/C46H80O15/c1-3-5-7-9-11-13-14-15-16-17-18-19-20-21-23-25-27-29-38(49)59-34(31-56-37(48)28-26-24-22-12-10-8-6-4-2)32-57-45-44(55)42(53)40(51)36(61-45)33-58-46-43(54)41(52)39(50)35(30-47)60-46/h11,13,15-16,18-19,34-36,39-47,50-55H,3-10,12,14,17,20-33H2,1-2H3/b13-11+,16-15+,19-18+/t34-,35+,36+,39-,40-,41?,42?,43?,44?,45+,46+/m1/s1. The quantitative estimate of drug-likeness (QED) is 0.0257. The van der Waals surface area contributed by atoms with Crippen LogP contribution in [0.3, 0.4) is 0 Å². The molecule has 354 valence electrons. The summed E-state index contributed by atoms with van der Waals surface area (Å²) >= 11 is 0. The minimum atomic E-state index is -1.77. The molecule has 2 fully saturated rings. The zero-order chi connectivity index (χ0) is 44.7. The Morgan fingerprint density at radius 3 is 1.57 bits per heavy atom. The Bertz CT molecular complexity index is 1210. The van der Waals surface area contributed by atoms with Crippen LogP contribution in [0.15, 0.2) is 36.5 Å². The third-order valence-corrected chi connectivity index (χ3v) is 10.9. The number of carbonyl (C=O) groups excluding carboxylic acids is 2. The van der Waals surface area contributed by atoms with Crippen molar-refractivity contribution in [3.8, 4) is 0 Å². The van der Waals surface area contributed by atoms with E-state index in [1.807, 2.05) is 0 Å². The summed E-state index contributed by atoms with van der Waals surface area (Å²) in [6.45, 7) is 2.48. The van der Waals surface area contributed by atoms with Crippen LogP contribution in [0.5, 0.6) is 0 Å². The highest BCUT2D eigenvalue weighted by atomic mass is 16.7. The molecule has 2 aliphatic heterocycles. The maximum Gasteiger partial charge on any atom is 0.306 e. The van der Waals surface area contributed by atoms with Crippen LogP contribution in [0.1, 0.15) is 149 Å². The Kier molecular flexibility index (Phi) is 30.7. The molecule has 0 aromatic heterocycles. The molecule has 15 heteroatoms. The highest BCUT2D eigenvalue weighted by Gasteiger charge is 2.47. The summed E-state index contributed by atoms with van der Waals surface area (Å²) in [6, 6.07) is 0. The lowest BCUT2D eigenvalue weighted by Gasteiger charge is -2.42. The maximum atomic E-state index is 12.9. The van der Waals surface area contributed by atoms with Crippen LogP contribution in [0.2, 0.25) is 0 Å². The van der Waals surface area contributed by atoms with Gasteiger partial charge in [0.1, 0.15) is 55.4 Å². The highest BCUT2D eigenvalue weighted by molar-refractivity contribution is 5.70. The molecule has 0 aromatic rings. The van der Waals surface area contributed by atoms with Crippen molar-refractivity contribution in [3.05, 3.63) is 36.5 Å². The smallest absolute Gasteiger partial charge is 0.306 e. The molecule has 2 heterocycles. The van der Waals surface area contributed by atoms with Gasteiger partial charge in [-0.25, -0.2) is 0 Å². The molecule has 7 N–H and O–H groups in total. The van der Waals surface area contributed by atoms with Crippen LogP contribution < -0.4 is 0 Å². The maximum absolute atomic E-state index is 12.9. The Hall–Kier alpha value is -2.28. The molecule has 0 saturated carbocycles. The molecule has 2 aliphatic rings. The first kappa shape index (κ1) is 54.9. The van der Waals surface area contributed by atoms with Crippen molar-refractivity contribution in [1.82, 2.24) is 0 Å². The van der Waals surface area contributed by atoms with Crippen molar-refractivity contribution in [2.45, 2.75) is 216 Å². The van der Waals surface area contributed by atoms with E-state index < -0.39 is 92.7 Å². The van der Waals surface area contributed by atoms with Crippen LogP contribution >= 0.6 is 0 Å². The van der Waals surface area contributed by atoms with Gasteiger partial charge in [0.25, 0.3) is 0 Å². The van der Waals surface area contributed by atoms with Gasteiger partial charge in [0, 0.05) is 12.8 Å². The number of hydrogen-bond acceptors (Lipinski definition) is 15. The minimum absolute atomic E-state index is 0.140. The van der Waals surface area contributed by atoms with Crippen molar-refractivity contribution in [3.63, 3.8) is 0 Å². The summed E-state index contributed by atoms with van der Waals surface area (Å²) in [5.41, 5.74) is 0. The SMILES string of the molecule is CCCCC/C=C/C/C=C/C/C=C/CCCCCCC(=O)O[C@H](COC(=O)CCCCCCCCCC)CO[C@H]1O[C@@H](CO[C@H]2O[C@@H](CO)[C@@H](O)C(O)C2O)[C@@H](O)C(O)C1O. The van der Waals surface area contributed by atoms with Gasteiger partial charge in [0.15, 0.2) is 18.7 Å². The number of aliphatic hydroxyl groups excluding tert-OH is 7. The number of aliphatic hydroxyl groups is 7. The molecule has 2 saturated heterocycles. The van der Waals surface area contributed by atoms with E-state index in [1.54, 1.807) is 0 Å². The molecule has 15 nitrogen and oxygen atoms in total. The lowest BCUT2D eigenvalue weighted by atomic mass is 9.98. The number of rotatable bonds is 34. The van der Waals surface area contributed by atoms with Gasteiger partial charge in [-0.05, 0) is 51.4 Å². The molecule has 61 heavy (non-hydrogen) atoms. The fourth-order valence-corrected chi connectivity index (χ4v) is 6.99. The summed E-state index contributed by atoms with van der Waals surface area (Å²) in [5, 5.41) is 71.8. The van der Waals surface area contributed by atoms with Crippen LogP contribution in [-0.2, 0) is 38.0 Å². The van der Waals surface area contributed by atoms with Crippen molar-refractivity contribution in [1.29, 1.82) is 0 Å². The highest BCUT2D eigenvalue weighted by Crippen LogP contribution is 2.26. The second kappa shape index (κ2) is 34.2. The molecule has 2 rings (SSSR count). The average molecular weight is 873 g/mol. The van der Waals surface area contributed by atoms with E-state index in [0.717, 1.165) is 64.2 Å². The summed E-state index contributed by atoms with van der Waals surface area (Å²) < 4.78 is 33.4. The lowest BCUT2D eigenvalue weighted by Crippen LogP contribution is -2.61. The van der Waals surface area contributed by atoms with Gasteiger partial charge in [-0.3, -0.25) is 9.59 Å². The van der Waals surface area contributed by atoms with E-state index >= 15 is 0 Å². The zero-order valence-electron chi connectivity index (χ0n) is 36.9. The van der Waals surface area contributed by atoms with Crippen molar-refractivity contribution < 1.29 is 73.8 Å². The summed E-state index contributed by atoms with van der Waals surface area (Å²) in [5.74, 6) is -0.957. The fraction of sp³-hybridized carbons (Fsp3) is 0.826. The van der Waals surface area contributed by atoms with E-state index in [0.29, 0.717) is 12.8 Å².